The summed E-state index contributed by atoms with van der Waals surface area (Å²) in [5.41, 5.74) is 5.38. The molecule has 0 saturated heterocycles. The van der Waals surface area contributed by atoms with Crippen molar-refractivity contribution < 1.29 is 9.90 Å². The molecule has 3 N–H and O–H groups in total. The van der Waals surface area contributed by atoms with Crippen LogP contribution in [0.25, 0.3) is 0 Å². The van der Waals surface area contributed by atoms with E-state index < -0.39 is 11.5 Å². The first kappa shape index (κ1) is 19.9. The highest BCUT2D eigenvalue weighted by Gasteiger charge is 2.30. The highest BCUT2D eigenvalue weighted by Crippen LogP contribution is 2.39. The number of halogens is 4. The molecule has 0 amide bonds. The first-order valence-corrected chi connectivity index (χ1v) is 8.45. The van der Waals surface area contributed by atoms with E-state index in [0.29, 0.717) is 22.9 Å². The van der Waals surface area contributed by atoms with Gasteiger partial charge in [-0.1, -0.05) is 59.7 Å². The van der Waals surface area contributed by atoms with E-state index in [4.69, 9.17) is 57.2 Å². The molecule has 22 heavy (non-hydrogen) atoms. The van der Waals surface area contributed by atoms with Crippen LogP contribution in [0.4, 0.5) is 0 Å². The zero-order valence-electron chi connectivity index (χ0n) is 12.4. The Morgan fingerprint density at radius 2 is 1.86 bits per heavy atom. The van der Waals surface area contributed by atoms with Crippen LogP contribution < -0.4 is 5.73 Å². The maximum Gasteiger partial charge on any atom is 0.323 e. The number of nitrogens with two attached hydrogens (primary N) is 1. The second-order valence-electron chi connectivity index (χ2n) is 5.70. The van der Waals surface area contributed by atoms with Gasteiger partial charge < -0.3 is 10.8 Å². The van der Waals surface area contributed by atoms with Gasteiger partial charge in [-0.15, -0.1) is 0 Å². The van der Waals surface area contributed by atoms with Crippen LogP contribution in [-0.4, -0.2) is 16.6 Å². The Morgan fingerprint density at radius 1 is 1.27 bits per heavy atom. The van der Waals surface area contributed by atoms with Crippen molar-refractivity contribution in [1.29, 1.82) is 0 Å². The molecular formula is C15H19Cl4NO2. The third kappa shape index (κ3) is 4.90. The molecule has 0 aliphatic carbocycles. The van der Waals surface area contributed by atoms with Crippen LogP contribution in [0.3, 0.4) is 0 Å². The van der Waals surface area contributed by atoms with Crippen LogP contribution >= 0.6 is 46.4 Å². The van der Waals surface area contributed by atoms with Gasteiger partial charge in [-0.25, -0.2) is 0 Å². The minimum absolute atomic E-state index is 0.162. The molecule has 0 bridgehead atoms. The van der Waals surface area contributed by atoms with Crippen LogP contribution in [0.5, 0.6) is 0 Å². The van der Waals surface area contributed by atoms with Crippen LogP contribution in [0.1, 0.15) is 38.7 Å². The minimum atomic E-state index is -1.24. The maximum absolute atomic E-state index is 11.1. The van der Waals surface area contributed by atoms with Crippen molar-refractivity contribution >= 4 is 52.4 Å². The molecule has 1 aromatic carbocycles. The lowest BCUT2D eigenvalue weighted by Crippen LogP contribution is -2.46. The van der Waals surface area contributed by atoms with E-state index in [9.17, 15) is 4.79 Å². The number of benzene rings is 1. The molecule has 2 unspecified atom stereocenters. The van der Waals surface area contributed by atoms with Gasteiger partial charge in [-0.2, -0.15) is 0 Å². The SMILES string of the molecule is CCC(CCc1cc(Cl)c(Cl)c(Cl)c1Cl)CC(C)(N)C(=O)O. The first-order valence-electron chi connectivity index (χ1n) is 6.94. The molecule has 0 saturated carbocycles. The molecule has 3 nitrogen and oxygen atoms in total. The van der Waals surface area contributed by atoms with Gasteiger partial charge in [0.25, 0.3) is 0 Å². The summed E-state index contributed by atoms with van der Waals surface area (Å²) in [6.45, 7) is 3.53. The summed E-state index contributed by atoms with van der Waals surface area (Å²) in [6.07, 6.45) is 2.59. The normalized spacial score (nSPS) is 15.4. The molecule has 1 rings (SSSR count). The quantitative estimate of drug-likeness (QED) is 0.483. The van der Waals surface area contributed by atoms with Gasteiger partial charge in [0.05, 0.1) is 20.1 Å². The summed E-state index contributed by atoms with van der Waals surface area (Å²) < 4.78 is 0. The van der Waals surface area contributed by atoms with Crippen LogP contribution in [0.15, 0.2) is 6.07 Å². The Balaban J connectivity index is 2.82. The summed E-state index contributed by atoms with van der Waals surface area (Å²) >= 11 is 24.2. The van der Waals surface area contributed by atoms with Gasteiger partial charge in [-0.3, -0.25) is 4.79 Å². The molecule has 0 aliphatic rings. The first-order chi connectivity index (χ1) is 10.1. The number of aliphatic carboxylic acids is 1. The third-order valence-corrected chi connectivity index (χ3v) is 5.57. The highest BCUT2D eigenvalue weighted by molar-refractivity contribution is 6.51. The van der Waals surface area contributed by atoms with E-state index in [1.165, 1.54) is 6.92 Å². The number of aryl methyl sites for hydroxylation is 1. The molecule has 2 atom stereocenters. The Hall–Kier alpha value is -0.190. The molecule has 0 spiro atoms. The standard InChI is InChI=1S/C15H19Cl4NO2/c1-3-8(7-15(2,20)14(21)22)4-5-9-6-10(16)12(18)13(19)11(9)17/h6,8H,3-5,7,20H2,1-2H3,(H,21,22). The smallest absolute Gasteiger partial charge is 0.323 e. The zero-order chi connectivity index (χ0) is 17.1. The number of carboxylic acid groups (broad SMARTS) is 1. The maximum atomic E-state index is 11.1. The van der Waals surface area contributed by atoms with E-state index in [0.717, 1.165) is 18.4 Å². The monoisotopic (exact) mass is 385 g/mol. The van der Waals surface area contributed by atoms with Crippen molar-refractivity contribution in [2.45, 2.75) is 45.1 Å². The van der Waals surface area contributed by atoms with E-state index in [2.05, 4.69) is 0 Å². The molecule has 0 radical (unpaired) electrons. The molecule has 0 fully saturated rings. The highest BCUT2D eigenvalue weighted by atomic mass is 35.5. The summed E-state index contributed by atoms with van der Waals surface area (Å²) in [5.74, 6) is -0.836. The molecular weight excluding hydrogens is 368 g/mol. The minimum Gasteiger partial charge on any atom is -0.480 e. The van der Waals surface area contributed by atoms with Gasteiger partial charge in [-0.05, 0) is 43.7 Å². The van der Waals surface area contributed by atoms with Crippen molar-refractivity contribution in [3.8, 4) is 0 Å². The number of rotatable bonds is 7. The van der Waals surface area contributed by atoms with Crippen LogP contribution in [0.2, 0.25) is 20.1 Å². The van der Waals surface area contributed by atoms with Crippen LogP contribution in [-0.2, 0) is 11.2 Å². The second kappa shape index (κ2) is 8.07. The molecule has 124 valence electrons. The zero-order valence-corrected chi connectivity index (χ0v) is 15.5. The lowest BCUT2D eigenvalue weighted by molar-refractivity contribution is -0.143. The van der Waals surface area contributed by atoms with E-state index in [1.54, 1.807) is 6.07 Å². The molecule has 7 heteroatoms. The lowest BCUT2D eigenvalue weighted by atomic mass is 9.85. The molecule has 0 aliphatic heterocycles. The average molecular weight is 387 g/mol. The summed E-state index contributed by atoms with van der Waals surface area (Å²) in [4.78, 5) is 11.1. The van der Waals surface area contributed by atoms with Crippen molar-refractivity contribution in [1.82, 2.24) is 0 Å². The number of carboxylic acids is 1. The van der Waals surface area contributed by atoms with Gasteiger partial charge in [0.2, 0.25) is 0 Å². The number of hydrogen-bond acceptors (Lipinski definition) is 2. The van der Waals surface area contributed by atoms with Gasteiger partial charge in [0.1, 0.15) is 5.54 Å². The van der Waals surface area contributed by atoms with Crippen LogP contribution in [0, 0.1) is 5.92 Å². The molecule has 1 aromatic rings. The Morgan fingerprint density at radius 3 is 2.36 bits per heavy atom. The largest absolute Gasteiger partial charge is 0.480 e. The fourth-order valence-corrected chi connectivity index (χ4v) is 3.24. The van der Waals surface area contributed by atoms with E-state index in [-0.39, 0.29) is 16.0 Å². The van der Waals surface area contributed by atoms with Crippen molar-refractivity contribution in [2.24, 2.45) is 11.7 Å². The Bertz CT molecular complexity index is 561. The fraction of sp³-hybridized carbons (Fsp3) is 0.533. The predicted octanol–water partition coefficient (Wildman–Crippen LogP) is 5.45. The predicted molar refractivity (Wildman–Crippen MR) is 93.4 cm³/mol. The summed E-state index contributed by atoms with van der Waals surface area (Å²) in [7, 11) is 0. The number of carbonyl (C=O) groups is 1. The van der Waals surface area contributed by atoms with Crippen molar-refractivity contribution in [2.75, 3.05) is 0 Å². The van der Waals surface area contributed by atoms with Crippen molar-refractivity contribution in [3.63, 3.8) is 0 Å². The summed E-state index contributed by atoms with van der Waals surface area (Å²) in [6, 6.07) is 1.70. The topological polar surface area (TPSA) is 63.3 Å². The second-order valence-corrected chi connectivity index (χ2v) is 7.24. The van der Waals surface area contributed by atoms with E-state index in [1.807, 2.05) is 6.92 Å². The Kier molecular flexibility index (Phi) is 7.28. The Labute approximate surface area is 150 Å². The third-order valence-electron chi connectivity index (χ3n) is 3.78. The van der Waals surface area contributed by atoms with E-state index >= 15 is 0 Å². The average Bonchev–Trinajstić information content (AvgIpc) is 2.45. The molecule has 0 aromatic heterocycles. The number of hydrogen-bond donors (Lipinski definition) is 2. The van der Waals surface area contributed by atoms with Crippen molar-refractivity contribution in [3.05, 3.63) is 31.7 Å². The lowest BCUT2D eigenvalue weighted by Gasteiger charge is -2.25. The fourth-order valence-electron chi connectivity index (χ4n) is 2.30. The van der Waals surface area contributed by atoms with Gasteiger partial charge in [0, 0.05) is 0 Å². The van der Waals surface area contributed by atoms with Gasteiger partial charge in [0.15, 0.2) is 0 Å². The summed E-state index contributed by atoms with van der Waals surface area (Å²) in [5, 5.41) is 10.4. The molecule has 0 heterocycles. The van der Waals surface area contributed by atoms with Gasteiger partial charge >= 0.3 is 5.97 Å².